The first-order valence-electron chi connectivity index (χ1n) is 5.78. The Bertz CT molecular complexity index is 806. The van der Waals surface area contributed by atoms with E-state index < -0.39 is 16.0 Å². The number of anilines is 1. The van der Waals surface area contributed by atoms with E-state index in [2.05, 4.69) is 9.71 Å². The minimum absolute atomic E-state index is 0.138. The summed E-state index contributed by atoms with van der Waals surface area (Å²) in [7, 11) is -3.88. The highest BCUT2D eigenvalue weighted by atomic mass is 35.5. The van der Waals surface area contributed by atoms with Crippen LogP contribution in [-0.2, 0) is 10.0 Å². The van der Waals surface area contributed by atoms with E-state index in [9.17, 15) is 13.2 Å². The van der Waals surface area contributed by atoms with Crippen LogP contribution in [0.15, 0.2) is 41.4 Å². The van der Waals surface area contributed by atoms with Gasteiger partial charge in [0.15, 0.2) is 0 Å². The molecule has 0 fully saturated rings. The van der Waals surface area contributed by atoms with Crippen LogP contribution in [0.3, 0.4) is 0 Å². The summed E-state index contributed by atoms with van der Waals surface area (Å²) < 4.78 is 26.7. The summed E-state index contributed by atoms with van der Waals surface area (Å²) in [5.41, 5.74) is 0.686. The molecule has 1 aromatic carbocycles. The Morgan fingerprint density at radius 1 is 1.29 bits per heavy atom. The molecular weight excluding hydrogens is 316 g/mol. The molecule has 8 heteroatoms. The maximum Gasteiger partial charge on any atom is 0.337 e. The van der Waals surface area contributed by atoms with Crippen LogP contribution in [0.4, 0.5) is 5.82 Å². The van der Waals surface area contributed by atoms with Crippen molar-refractivity contribution in [3.8, 4) is 0 Å². The third kappa shape index (κ3) is 3.50. The molecule has 0 saturated carbocycles. The van der Waals surface area contributed by atoms with Crippen molar-refractivity contribution in [1.82, 2.24) is 4.98 Å². The second-order valence-electron chi connectivity index (χ2n) is 4.27. The molecule has 0 aliphatic rings. The van der Waals surface area contributed by atoms with Gasteiger partial charge in [-0.1, -0.05) is 11.6 Å². The van der Waals surface area contributed by atoms with E-state index in [1.807, 2.05) is 0 Å². The average Bonchev–Trinajstić information content (AvgIpc) is 2.37. The molecule has 0 saturated heterocycles. The van der Waals surface area contributed by atoms with Crippen LogP contribution in [0.1, 0.15) is 15.9 Å². The smallest absolute Gasteiger partial charge is 0.337 e. The van der Waals surface area contributed by atoms with Crippen LogP contribution >= 0.6 is 11.6 Å². The lowest BCUT2D eigenvalue weighted by Gasteiger charge is -2.09. The van der Waals surface area contributed by atoms with Gasteiger partial charge in [0.1, 0.15) is 5.82 Å². The number of aromatic carboxylic acids is 1. The highest BCUT2D eigenvalue weighted by molar-refractivity contribution is 7.92. The molecule has 6 nitrogen and oxygen atoms in total. The van der Waals surface area contributed by atoms with E-state index in [1.165, 1.54) is 12.3 Å². The molecule has 0 bridgehead atoms. The van der Waals surface area contributed by atoms with Crippen molar-refractivity contribution in [2.45, 2.75) is 11.8 Å². The SMILES string of the molecule is Cc1ccnc(NS(=O)(=O)c2ccc(C(=O)O)c(Cl)c2)c1. The number of carboxylic acid groups (broad SMARTS) is 1. The van der Waals surface area contributed by atoms with Gasteiger partial charge in [0.25, 0.3) is 10.0 Å². The molecule has 1 aromatic heterocycles. The molecule has 0 spiro atoms. The predicted molar refractivity (Wildman–Crippen MR) is 78.2 cm³/mol. The Balaban J connectivity index is 2.36. The number of rotatable bonds is 4. The van der Waals surface area contributed by atoms with E-state index in [1.54, 1.807) is 19.1 Å². The number of nitrogens with one attached hydrogen (secondary N) is 1. The zero-order chi connectivity index (χ0) is 15.6. The number of hydrogen-bond acceptors (Lipinski definition) is 4. The summed E-state index contributed by atoms with van der Waals surface area (Å²) in [5.74, 6) is -1.05. The van der Waals surface area contributed by atoms with Crippen LogP contribution in [0.2, 0.25) is 5.02 Å². The molecule has 21 heavy (non-hydrogen) atoms. The Morgan fingerprint density at radius 3 is 2.57 bits per heavy atom. The van der Waals surface area contributed by atoms with Crippen molar-refractivity contribution >= 4 is 33.4 Å². The molecule has 0 radical (unpaired) electrons. The summed E-state index contributed by atoms with van der Waals surface area (Å²) >= 11 is 5.77. The first kappa shape index (κ1) is 15.3. The van der Waals surface area contributed by atoms with Crippen LogP contribution in [0.25, 0.3) is 0 Å². The van der Waals surface area contributed by atoms with Gasteiger partial charge in [-0.05, 0) is 42.8 Å². The van der Waals surface area contributed by atoms with Gasteiger partial charge in [-0.3, -0.25) is 4.72 Å². The molecule has 2 rings (SSSR count). The molecule has 1 heterocycles. The Kier molecular flexibility index (Phi) is 4.15. The normalized spacial score (nSPS) is 11.1. The number of hydrogen-bond donors (Lipinski definition) is 2. The van der Waals surface area contributed by atoms with E-state index in [-0.39, 0.29) is 21.3 Å². The zero-order valence-corrected chi connectivity index (χ0v) is 12.4. The third-order valence-corrected chi connectivity index (χ3v) is 4.30. The van der Waals surface area contributed by atoms with Crippen molar-refractivity contribution in [3.05, 3.63) is 52.7 Å². The van der Waals surface area contributed by atoms with Gasteiger partial charge in [-0.25, -0.2) is 18.2 Å². The molecule has 2 N–H and O–H groups in total. The van der Waals surface area contributed by atoms with Crippen LogP contribution < -0.4 is 4.72 Å². The fourth-order valence-corrected chi connectivity index (χ4v) is 2.98. The number of carbonyl (C=O) groups is 1. The molecule has 0 amide bonds. The summed E-state index contributed by atoms with van der Waals surface area (Å²) in [6.07, 6.45) is 1.48. The van der Waals surface area contributed by atoms with Crippen LogP contribution in [0, 0.1) is 6.92 Å². The Hall–Kier alpha value is -2.12. The molecule has 0 aliphatic heterocycles. The van der Waals surface area contributed by atoms with Crippen molar-refractivity contribution in [2.75, 3.05) is 4.72 Å². The molecular formula is C13H11ClN2O4S. The van der Waals surface area contributed by atoms with Crippen LogP contribution in [-0.4, -0.2) is 24.5 Å². The highest BCUT2D eigenvalue weighted by Gasteiger charge is 2.18. The minimum atomic E-state index is -3.88. The van der Waals surface area contributed by atoms with Crippen molar-refractivity contribution in [3.63, 3.8) is 0 Å². The molecule has 110 valence electrons. The standard InChI is InChI=1S/C13H11ClN2O4S/c1-8-4-5-15-12(6-8)16-21(19,20)9-2-3-10(13(17)18)11(14)7-9/h2-7H,1H3,(H,15,16)(H,17,18). The molecule has 2 aromatic rings. The van der Waals surface area contributed by atoms with E-state index in [0.29, 0.717) is 0 Å². The molecule has 0 aliphatic carbocycles. The van der Waals surface area contributed by atoms with Gasteiger partial charge in [0.2, 0.25) is 0 Å². The number of aromatic nitrogens is 1. The lowest BCUT2D eigenvalue weighted by atomic mass is 10.2. The number of benzene rings is 1. The summed E-state index contributed by atoms with van der Waals surface area (Å²) in [6.45, 7) is 1.80. The van der Waals surface area contributed by atoms with Crippen molar-refractivity contribution < 1.29 is 18.3 Å². The second-order valence-corrected chi connectivity index (χ2v) is 6.36. The minimum Gasteiger partial charge on any atom is -0.478 e. The molecule has 0 atom stereocenters. The number of nitrogens with zero attached hydrogens (tertiary/aromatic N) is 1. The third-order valence-electron chi connectivity index (χ3n) is 2.64. The van der Waals surface area contributed by atoms with Gasteiger partial charge < -0.3 is 5.11 Å². The van der Waals surface area contributed by atoms with Gasteiger partial charge in [-0.15, -0.1) is 0 Å². The largest absolute Gasteiger partial charge is 0.478 e. The number of halogens is 1. The maximum absolute atomic E-state index is 12.2. The summed E-state index contributed by atoms with van der Waals surface area (Å²) in [6, 6.07) is 6.71. The second kappa shape index (κ2) is 5.71. The molecule has 0 unspecified atom stereocenters. The lowest BCUT2D eigenvalue weighted by molar-refractivity contribution is 0.0697. The monoisotopic (exact) mass is 326 g/mol. The fraction of sp³-hybridized carbons (Fsp3) is 0.0769. The fourth-order valence-electron chi connectivity index (χ4n) is 1.63. The van der Waals surface area contributed by atoms with E-state index in [4.69, 9.17) is 16.7 Å². The van der Waals surface area contributed by atoms with Gasteiger partial charge in [-0.2, -0.15) is 0 Å². The Labute approximate surface area is 126 Å². The van der Waals surface area contributed by atoms with Crippen LogP contribution in [0.5, 0.6) is 0 Å². The number of sulfonamides is 1. The van der Waals surface area contributed by atoms with Gasteiger partial charge in [0.05, 0.1) is 15.5 Å². The first-order valence-corrected chi connectivity index (χ1v) is 7.64. The summed E-state index contributed by atoms with van der Waals surface area (Å²) in [4.78, 5) is 14.6. The van der Waals surface area contributed by atoms with Gasteiger partial charge >= 0.3 is 5.97 Å². The number of carboxylic acids is 1. The number of aryl methyl sites for hydroxylation is 1. The average molecular weight is 327 g/mol. The lowest BCUT2D eigenvalue weighted by Crippen LogP contribution is -2.14. The predicted octanol–water partition coefficient (Wildman–Crippen LogP) is 2.54. The first-order chi connectivity index (χ1) is 9.79. The summed E-state index contributed by atoms with van der Waals surface area (Å²) in [5, 5.41) is 8.72. The van der Waals surface area contributed by atoms with Crippen molar-refractivity contribution in [1.29, 1.82) is 0 Å². The topological polar surface area (TPSA) is 96.4 Å². The van der Waals surface area contributed by atoms with Gasteiger partial charge in [0, 0.05) is 6.20 Å². The van der Waals surface area contributed by atoms with E-state index in [0.717, 1.165) is 17.7 Å². The Morgan fingerprint density at radius 2 is 2.00 bits per heavy atom. The quantitative estimate of drug-likeness (QED) is 0.900. The highest BCUT2D eigenvalue weighted by Crippen LogP contribution is 2.22. The van der Waals surface area contributed by atoms with E-state index >= 15 is 0 Å². The number of pyridine rings is 1. The van der Waals surface area contributed by atoms with Crippen molar-refractivity contribution in [2.24, 2.45) is 0 Å². The maximum atomic E-state index is 12.2. The zero-order valence-electron chi connectivity index (χ0n) is 10.9.